The number of methoxy groups -OCH3 is 1. The number of benzene rings is 4. The van der Waals surface area contributed by atoms with Crippen molar-refractivity contribution >= 4 is 29.4 Å². The zero-order chi connectivity index (χ0) is 35.7. The SMILES string of the molecule is CCCCCCCOc1ccc(C(=O)Oc2ccc(C[C@H](NC(=O)c3ccc(NC(=O)Cc4ccc(COC)cc4)cc3)C(=O)O)cc2)cc1. The first-order valence-electron chi connectivity index (χ1n) is 16.8. The third-order valence-electron chi connectivity index (χ3n) is 7.91. The number of carboxylic acids is 1. The predicted octanol–water partition coefficient (Wildman–Crippen LogP) is 7.01. The van der Waals surface area contributed by atoms with Gasteiger partial charge in [0.1, 0.15) is 17.5 Å². The van der Waals surface area contributed by atoms with E-state index in [0.717, 1.165) is 24.0 Å². The Balaban J connectivity index is 1.23. The van der Waals surface area contributed by atoms with Crippen molar-refractivity contribution in [1.29, 1.82) is 0 Å². The fourth-order valence-electron chi connectivity index (χ4n) is 5.14. The molecule has 1 atom stereocenters. The molecule has 50 heavy (non-hydrogen) atoms. The van der Waals surface area contributed by atoms with Crippen molar-refractivity contribution in [1.82, 2.24) is 5.32 Å². The highest BCUT2D eigenvalue weighted by molar-refractivity contribution is 5.98. The van der Waals surface area contributed by atoms with Gasteiger partial charge in [0.15, 0.2) is 0 Å². The maximum atomic E-state index is 12.9. The van der Waals surface area contributed by atoms with Crippen molar-refractivity contribution in [3.8, 4) is 11.5 Å². The standard InChI is InChI=1S/C40H44N2O8/c1-3-4-5-6-7-24-49-34-22-16-32(17-23-34)40(47)50-35-20-12-28(13-21-35)25-36(39(45)46)42-38(44)31-14-18-33(19-15-31)41-37(43)26-29-8-10-30(11-9-29)27-48-2/h8-23,36H,3-7,24-27H2,1-2H3,(H,41,43)(H,42,44)(H,45,46)/t36-/m0/s1. The highest BCUT2D eigenvalue weighted by Crippen LogP contribution is 2.19. The molecule has 0 aliphatic carbocycles. The first-order valence-corrected chi connectivity index (χ1v) is 16.8. The number of hydrogen-bond donors (Lipinski definition) is 3. The van der Waals surface area contributed by atoms with Crippen molar-refractivity contribution in [3.63, 3.8) is 0 Å². The van der Waals surface area contributed by atoms with Gasteiger partial charge >= 0.3 is 11.9 Å². The summed E-state index contributed by atoms with van der Waals surface area (Å²) < 4.78 is 16.3. The Morgan fingerprint density at radius 2 is 1.30 bits per heavy atom. The number of rotatable bonds is 19. The lowest BCUT2D eigenvalue weighted by Crippen LogP contribution is -2.42. The molecule has 3 N–H and O–H groups in total. The van der Waals surface area contributed by atoms with Crippen molar-refractivity contribution < 1.29 is 38.5 Å². The van der Waals surface area contributed by atoms with Gasteiger partial charge in [-0.1, -0.05) is 69.0 Å². The molecule has 0 saturated heterocycles. The van der Waals surface area contributed by atoms with Crippen LogP contribution in [0.5, 0.6) is 11.5 Å². The first kappa shape index (κ1) is 37.3. The minimum atomic E-state index is -1.21. The average molecular weight is 681 g/mol. The molecular formula is C40H44N2O8. The lowest BCUT2D eigenvalue weighted by molar-refractivity contribution is -0.139. The Morgan fingerprint density at radius 3 is 1.94 bits per heavy atom. The fraction of sp³-hybridized carbons (Fsp3) is 0.300. The Kier molecular flexibility index (Phi) is 14.6. The van der Waals surface area contributed by atoms with E-state index in [2.05, 4.69) is 17.6 Å². The third kappa shape index (κ3) is 12.2. The number of carbonyl (C=O) groups excluding carboxylic acids is 3. The number of carbonyl (C=O) groups is 4. The molecule has 0 heterocycles. The molecule has 10 heteroatoms. The van der Waals surface area contributed by atoms with Crippen LogP contribution in [0.1, 0.15) is 76.4 Å². The number of esters is 1. The van der Waals surface area contributed by atoms with Gasteiger partial charge in [-0.25, -0.2) is 9.59 Å². The monoisotopic (exact) mass is 680 g/mol. The summed E-state index contributed by atoms with van der Waals surface area (Å²) in [6.07, 6.45) is 5.95. The summed E-state index contributed by atoms with van der Waals surface area (Å²) in [4.78, 5) is 50.1. The summed E-state index contributed by atoms with van der Waals surface area (Å²) in [5.41, 5.74) is 3.61. The minimum Gasteiger partial charge on any atom is -0.494 e. The molecule has 4 rings (SSSR count). The predicted molar refractivity (Wildman–Crippen MR) is 191 cm³/mol. The lowest BCUT2D eigenvalue weighted by Gasteiger charge is -2.15. The van der Waals surface area contributed by atoms with Crippen LogP contribution >= 0.6 is 0 Å². The number of amides is 2. The van der Waals surface area contributed by atoms with E-state index in [0.29, 0.717) is 41.5 Å². The van der Waals surface area contributed by atoms with Crippen molar-refractivity contribution in [2.24, 2.45) is 0 Å². The second-order valence-electron chi connectivity index (χ2n) is 11.9. The normalized spacial score (nSPS) is 11.3. The average Bonchev–Trinajstić information content (AvgIpc) is 3.11. The molecule has 4 aromatic carbocycles. The largest absolute Gasteiger partial charge is 0.494 e. The van der Waals surface area contributed by atoms with Crippen LogP contribution in [0.4, 0.5) is 5.69 Å². The molecule has 0 bridgehead atoms. The maximum Gasteiger partial charge on any atom is 0.343 e. The van der Waals surface area contributed by atoms with Crippen LogP contribution in [0.15, 0.2) is 97.1 Å². The van der Waals surface area contributed by atoms with Gasteiger partial charge in [-0.3, -0.25) is 9.59 Å². The summed E-state index contributed by atoms with van der Waals surface area (Å²) in [7, 11) is 1.62. The minimum absolute atomic E-state index is 0.00988. The number of hydrogen-bond acceptors (Lipinski definition) is 7. The van der Waals surface area contributed by atoms with Gasteiger partial charge in [-0.05, 0) is 83.8 Å². The van der Waals surface area contributed by atoms with E-state index in [1.807, 2.05) is 24.3 Å². The summed E-state index contributed by atoms with van der Waals surface area (Å²) in [6, 6.07) is 25.8. The summed E-state index contributed by atoms with van der Waals surface area (Å²) in [5, 5.41) is 15.2. The van der Waals surface area contributed by atoms with Crippen LogP contribution in [-0.4, -0.2) is 48.6 Å². The summed E-state index contributed by atoms with van der Waals surface area (Å²) >= 11 is 0. The maximum absolute atomic E-state index is 12.9. The van der Waals surface area contributed by atoms with Crippen LogP contribution in [-0.2, 0) is 33.8 Å². The van der Waals surface area contributed by atoms with Gasteiger partial charge in [0.2, 0.25) is 5.91 Å². The molecule has 10 nitrogen and oxygen atoms in total. The number of ether oxygens (including phenoxy) is 3. The Hall–Kier alpha value is -5.48. The fourth-order valence-corrected chi connectivity index (χ4v) is 5.14. The molecule has 2 amide bonds. The molecular weight excluding hydrogens is 636 g/mol. The smallest absolute Gasteiger partial charge is 0.343 e. The molecule has 0 spiro atoms. The molecule has 0 saturated carbocycles. The van der Waals surface area contributed by atoms with Gasteiger partial charge < -0.3 is 30.0 Å². The van der Waals surface area contributed by atoms with Crippen LogP contribution in [0.3, 0.4) is 0 Å². The van der Waals surface area contributed by atoms with Crippen molar-refractivity contribution in [2.45, 2.75) is 64.5 Å². The van der Waals surface area contributed by atoms with Crippen LogP contribution < -0.4 is 20.1 Å². The van der Waals surface area contributed by atoms with Gasteiger partial charge in [-0.2, -0.15) is 0 Å². The molecule has 0 unspecified atom stereocenters. The van der Waals surface area contributed by atoms with E-state index in [-0.39, 0.29) is 24.3 Å². The van der Waals surface area contributed by atoms with Gasteiger partial charge in [0.25, 0.3) is 5.91 Å². The summed E-state index contributed by atoms with van der Waals surface area (Å²) in [6.45, 7) is 3.31. The lowest BCUT2D eigenvalue weighted by atomic mass is 10.0. The van der Waals surface area contributed by atoms with E-state index in [9.17, 15) is 24.3 Å². The van der Waals surface area contributed by atoms with Crippen LogP contribution in [0.2, 0.25) is 0 Å². The van der Waals surface area contributed by atoms with Gasteiger partial charge in [0.05, 0.1) is 25.2 Å². The van der Waals surface area contributed by atoms with E-state index in [1.165, 1.54) is 31.4 Å². The zero-order valence-corrected chi connectivity index (χ0v) is 28.5. The van der Waals surface area contributed by atoms with E-state index < -0.39 is 23.9 Å². The van der Waals surface area contributed by atoms with Gasteiger partial charge in [-0.15, -0.1) is 0 Å². The second kappa shape index (κ2) is 19.5. The highest BCUT2D eigenvalue weighted by atomic mass is 16.5. The highest BCUT2D eigenvalue weighted by Gasteiger charge is 2.21. The number of nitrogens with one attached hydrogen (secondary N) is 2. The molecule has 0 aromatic heterocycles. The molecule has 0 aliphatic rings. The first-order chi connectivity index (χ1) is 24.2. The number of carboxylic acid groups (broad SMARTS) is 1. The Bertz CT molecular complexity index is 1690. The number of unbranched alkanes of at least 4 members (excludes halogenated alkanes) is 4. The quantitative estimate of drug-likeness (QED) is 0.0546. The number of anilines is 1. The molecule has 0 aliphatic heterocycles. The zero-order valence-electron chi connectivity index (χ0n) is 28.5. The topological polar surface area (TPSA) is 140 Å². The van der Waals surface area contributed by atoms with E-state index >= 15 is 0 Å². The Morgan fingerprint density at radius 1 is 0.700 bits per heavy atom. The summed E-state index contributed by atoms with van der Waals surface area (Å²) in [5.74, 6) is -1.51. The van der Waals surface area contributed by atoms with E-state index in [1.54, 1.807) is 67.8 Å². The third-order valence-corrected chi connectivity index (χ3v) is 7.91. The van der Waals surface area contributed by atoms with Crippen molar-refractivity contribution in [3.05, 3.63) is 125 Å². The second-order valence-corrected chi connectivity index (χ2v) is 11.9. The number of aliphatic carboxylic acids is 1. The van der Waals surface area contributed by atoms with Gasteiger partial charge in [0, 0.05) is 24.8 Å². The molecule has 0 fully saturated rings. The van der Waals surface area contributed by atoms with Crippen LogP contribution in [0, 0.1) is 0 Å². The molecule has 4 aromatic rings. The molecule has 0 radical (unpaired) electrons. The van der Waals surface area contributed by atoms with E-state index in [4.69, 9.17) is 14.2 Å². The Labute approximate surface area is 292 Å². The van der Waals surface area contributed by atoms with Crippen molar-refractivity contribution in [2.75, 3.05) is 19.0 Å². The molecule has 262 valence electrons. The van der Waals surface area contributed by atoms with Crippen LogP contribution in [0.25, 0.3) is 0 Å².